The van der Waals surface area contributed by atoms with E-state index in [0.717, 1.165) is 12.5 Å². The molecule has 0 N–H and O–H groups in total. The molecule has 1 saturated heterocycles. The number of carbonyl (C=O) groups excluding carboxylic acids is 1. The average molecular weight is 195 g/mol. The number of rotatable bonds is 2. The summed E-state index contributed by atoms with van der Waals surface area (Å²) in [5.74, 6) is 1.50. The molecule has 0 bridgehead atoms. The van der Waals surface area contributed by atoms with Crippen molar-refractivity contribution in [1.29, 1.82) is 0 Å². The van der Waals surface area contributed by atoms with Crippen molar-refractivity contribution in [3.8, 4) is 0 Å². The molecule has 2 atom stereocenters. The van der Waals surface area contributed by atoms with E-state index in [1.807, 2.05) is 0 Å². The number of nitrogens with zero attached hydrogens (tertiary/aromatic N) is 1. The van der Waals surface area contributed by atoms with Gasteiger partial charge in [0.1, 0.15) is 6.29 Å². The Morgan fingerprint density at radius 2 is 1.86 bits per heavy atom. The van der Waals surface area contributed by atoms with Gasteiger partial charge in [-0.2, -0.15) is 0 Å². The van der Waals surface area contributed by atoms with Crippen LogP contribution >= 0.6 is 0 Å². The molecule has 0 spiro atoms. The van der Waals surface area contributed by atoms with Crippen molar-refractivity contribution in [3.63, 3.8) is 0 Å². The monoisotopic (exact) mass is 195 g/mol. The minimum atomic E-state index is 0.220. The van der Waals surface area contributed by atoms with E-state index in [1.165, 1.54) is 44.8 Å². The van der Waals surface area contributed by atoms with Gasteiger partial charge in [-0.3, -0.25) is 4.90 Å². The summed E-state index contributed by atoms with van der Waals surface area (Å²) in [5.41, 5.74) is 0. The van der Waals surface area contributed by atoms with Crippen molar-refractivity contribution in [2.45, 2.75) is 44.6 Å². The highest BCUT2D eigenvalue weighted by Crippen LogP contribution is 2.37. The van der Waals surface area contributed by atoms with Crippen LogP contribution in [-0.4, -0.2) is 30.8 Å². The molecule has 1 aliphatic carbocycles. The van der Waals surface area contributed by atoms with Crippen LogP contribution in [0.1, 0.15) is 38.5 Å². The molecule has 1 heterocycles. The molecule has 2 aliphatic rings. The van der Waals surface area contributed by atoms with Gasteiger partial charge in [-0.25, -0.2) is 0 Å². The van der Waals surface area contributed by atoms with Gasteiger partial charge < -0.3 is 4.79 Å². The second-order valence-electron chi connectivity index (χ2n) is 4.96. The average Bonchev–Trinajstić information content (AvgIpc) is 2.61. The zero-order chi connectivity index (χ0) is 9.97. The normalized spacial score (nSPS) is 36.1. The Morgan fingerprint density at radius 3 is 2.50 bits per heavy atom. The number of aldehydes is 1. The van der Waals surface area contributed by atoms with Crippen LogP contribution < -0.4 is 0 Å². The van der Waals surface area contributed by atoms with Crippen LogP contribution in [0.25, 0.3) is 0 Å². The lowest BCUT2D eigenvalue weighted by Gasteiger charge is -2.30. The zero-order valence-corrected chi connectivity index (χ0v) is 9.11. The van der Waals surface area contributed by atoms with E-state index in [-0.39, 0.29) is 6.04 Å². The summed E-state index contributed by atoms with van der Waals surface area (Å²) >= 11 is 0. The molecular weight excluding hydrogens is 174 g/mol. The third kappa shape index (κ3) is 1.85. The SMILES string of the molecule is CN1CCC(C2CCCCC2)C1C=O. The van der Waals surface area contributed by atoms with E-state index in [4.69, 9.17) is 0 Å². The lowest BCUT2D eigenvalue weighted by molar-refractivity contribution is -0.112. The van der Waals surface area contributed by atoms with Crippen molar-refractivity contribution in [2.24, 2.45) is 11.8 Å². The van der Waals surface area contributed by atoms with Crippen molar-refractivity contribution in [1.82, 2.24) is 4.90 Å². The summed E-state index contributed by atoms with van der Waals surface area (Å²) in [5, 5.41) is 0. The Bertz CT molecular complexity index is 198. The Hall–Kier alpha value is -0.370. The first-order valence-corrected chi connectivity index (χ1v) is 5.98. The third-order valence-electron chi connectivity index (χ3n) is 4.16. The van der Waals surface area contributed by atoms with Gasteiger partial charge in [-0.15, -0.1) is 0 Å². The Kier molecular flexibility index (Phi) is 3.22. The molecule has 2 rings (SSSR count). The fourth-order valence-corrected chi connectivity index (χ4v) is 3.28. The maximum absolute atomic E-state index is 11.0. The predicted molar refractivity (Wildman–Crippen MR) is 57.2 cm³/mol. The molecule has 1 saturated carbocycles. The van der Waals surface area contributed by atoms with Crippen molar-refractivity contribution >= 4 is 6.29 Å². The van der Waals surface area contributed by atoms with E-state index >= 15 is 0 Å². The topological polar surface area (TPSA) is 20.3 Å². The standard InChI is InChI=1S/C12H21NO/c1-13-8-7-11(12(13)9-14)10-5-3-2-4-6-10/h9-12H,2-8H2,1H3. The van der Waals surface area contributed by atoms with Crippen LogP contribution in [-0.2, 0) is 4.79 Å². The van der Waals surface area contributed by atoms with Gasteiger partial charge in [0, 0.05) is 0 Å². The summed E-state index contributed by atoms with van der Waals surface area (Å²) in [7, 11) is 2.09. The molecule has 2 heteroatoms. The first-order valence-electron chi connectivity index (χ1n) is 5.98. The van der Waals surface area contributed by atoms with Crippen molar-refractivity contribution in [2.75, 3.05) is 13.6 Å². The first kappa shape index (κ1) is 10.2. The van der Waals surface area contributed by atoms with Crippen molar-refractivity contribution < 1.29 is 4.79 Å². The second kappa shape index (κ2) is 4.43. The number of hydrogen-bond acceptors (Lipinski definition) is 2. The van der Waals surface area contributed by atoms with E-state index in [9.17, 15) is 4.79 Å². The molecule has 0 radical (unpaired) electrons. The number of likely N-dealkylation sites (tertiary alicyclic amines) is 1. The van der Waals surface area contributed by atoms with Gasteiger partial charge in [0.25, 0.3) is 0 Å². The van der Waals surface area contributed by atoms with E-state index < -0.39 is 0 Å². The molecule has 1 aliphatic heterocycles. The largest absolute Gasteiger partial charge is 0.302 e. The summed E-state index contributed by atoms with van der Waals surface area (Å²) in [6.07, 6.45) is 9.32. The predicted octanol–water partition coefficient (Wildman–Crippen LogP) is 2.09. The molecule has 0 aromatic rings. The molecule has 14 heavy (non-hydrogen) atoms. The van der Waals surface area contributed by atoms with Gasteiger partial charge in [-0.05, 0) is 31.8 Å². The third-order valence-corrected chi connectivity index (χ3v) is 4.16. The van der Waals surface area contributed by atoms with Gasteiger partial charge in [0.15, 0.2) is 0 Å². The maximum atomic E-state index is 11.0. The first-order chi connectivity index (χ1) is 6.83. The van der Waals surface area contributed by atoms with Crippen LogP contribution in [0.2, 0.25) is 0 Å². The molecule has 80 valence electrons. The number of likely N-dealkylation sites (N-methyl/N-ethyl adjacent to an activating group) is 1. The fraction of sp³-hybridized carbons (Fsp3) is 0.917. The molecule has 2 unspecified atom stereocenters. The Labute approximate surface area is 86.7 Å². The maximum Gasteiger partial charge on any atom is 0.137 e. The molecule has 2 fully saturated rings. The summed E-state index contributed by atoms with van der Waals surface area (Å²) < 4.78 is 0. The van der Waals surface area contributed by atoms with Crippen LogP contribution in [0.3, 0.4) is 0 Å². The Balaban J connectivity index is 1.98. The van der Waals surface area contributed by atoms with Crippen LogP contribution in [0.4, 0.5) is 0 Å². The molecule has 0 amide bonds. The molecule has 0 aromatic carbocycles. The molecule has 0 aromatic heterocycles. The quantitative estimate of drug-likeness (QED) is 0.629. The van der Waals surface area contributed by atoms with Crippen LogP contribution in [0.5, 0.6) is 0 Å². The number of hydrogen-bond donors (Lipinski definition) is 0. The molecule has 2 nitrogen and oxygen atoms in total. The molecular formula is C12H21NO. The fourth-order valence-electron chi connectivity index (χ4n) is 3.28. The summed E-state index contributed by atoms with van der Waals surface area (Å²) in [6, 6.07) is 0.220. The van der Waals surface area contributed by atoms with Crippen molar-refractivity contribution in [3.05, 3.63) is 0 Å². The van der Waals surface area contributed by atoms with Crippen LogP contribution in [0, 0.1) is 11.8 Å². The highest BCUT2D eigenvalue weighted by atomic mass is 16.1. The van der Waals surface area contributed by atoms with Gasteiger partial charge in [-0.1, -0.05) is 32.1 Å². The van der Waals surface area contributed by atoms with E-state index in [2.05, 4.69) is 11.9 Å². The summed E-state index contributed by atoms with van der Waals surface area (Å²) in [4.78, 5) is 13.3. The highest BCUT2D eigenvalue weighted by Gasteiger charge is 2.36. The lowest BCUT2D eigenvalue weighted by atomic mass is 9.77. The van der Waals surface area contributed by atoms with Crippen LogP contribution in [0.15, 0.2) is 0 Å². The summed E-state index contributed by atoms with van der Waals surface area (Å²) in [6.45, 7) is 1.12. The highest BCUT2D eigenvalue weighted by molar-refractivity contribution is 5.58. The Morgan fingerprint density at radius 1 is 1.14 bits per heavy atom. The van der Waals surface area contributed by atoms with Gasteiger partial charge in [0.2, 0.25) is 0 Å². The van der Waals surface area contributed by atoms with E-state index in [0.29, 0.717) is 5.92 Å². The number of carbonyl (C=O) groups is 1. The lowest BCUT2D eigenvalue weighted by Crippen LogP contribution is -2.34. The second-order valence-corrected chi connectivity index (χ2v) is 4.96. The van der Waals surface area contributed by atoms with Gasteiger partial charge in [0.05, 0.1) is 6.04 Å². The van der Waals surface area contributed by atoms with Gasteiger partial charge >= 0.3 is 0 Å². The smallest absolute Gasteiger partial charge is 0.137 e. The minimum Gasteiger partial charge on any atom is -0.302 e. The van der Waals surface area contributed by atoms with E-state index in [1.54, 1.807) is 0 Å². The zero-order valence-electron chi connectivity index (χ0n) is 9.11. The minimum absolute atomic E-state index is 0.220.